The fourth-order valence-corrected chi connectivity index (χ4v) is 2.02. The van der Waals surface area contributed by atoms with Gasteiger partial charge in [-0.3, -0.25) is 9.67 Å². The second kappa shape index (κ2) is 4.67. The normalized spacial score (nSPS) is 12.7. The van der Waals surface area contributed by atoms with Crippen LogP contribution in [0.2, 0.25) is 0 Å². The molecule has 0 aromatic carbocycles. The minimum Gasteiger partial charge on any atom is -0.320 e. The smallest absolute Gasteiger partial charge is 0.0672 e. The molecule has 0 aliphatic carbocycles. The molecule has 0 amide bonds. The van der Waals surface area contributed by atoms with Gasteiger partial charge in [0, 0.05) is 31.2 Å². The Kier molecular flexibility index (Phi) is 3.24. The molecule has 2 aromatic rings. The minimum absolute atomic E-state index is 0.147. The Balaban J connectivity index is 2.39. The first kappa shape index (κ1) is 11.8. The number of aryl methyl sites for hydroxylation is 3. The average molecular weight is 230 g/mol. The molecule has 4 heteroatoms. The van der Waals surface area contributed by atoms with E-state index in [0.29, 0.717) is 0 Å². The lowest BCUT2D eigenvalue weighted by Crippen LogP contribution is -2.13. The number of hydrogen-bond acceptors (Lipinski definition) is 3. The molecule has 2 N–H and O–H groups in total. The predicted octanol–water partition coefficient (Wildman–Crippen LogP) is 1.73. The van der Waals surface area contributed by atoms with Gasteiger partial charge in [-0.2, -0.15) is 5.10 Å². The van der Waals surface area contributed by atoms with Crippen molar-refractivity contribution in [1.82, 2.24) is 14.8 Å². The van der Waals surface area contributed by atoms with Crippen LogP contribution in [0.15, 0.2) is 24.7 Å². The van der Waals surface area contributed by atoms with Crippen molar-refractivity contribution in [2.24, 2.45) is 12.8 Å². The number of aromatic nitrogens is 3. The van der Waals surface area contributed by atoms with E-state index in [4.69, 9.17) is 5.73 Å². The van der Waals surface area contributed by atoms with Crippen LogP contribution in [-0.4, -0.2) is 14.8 Å². The van der Waals surface area contributed by atoms with Gasteiger partial charge in [0.1, 0.15) is 0 Å². The lowest BCUT2D eigenvalue weighted by molar-refractivity contribution is 0.746. The molecule has 0 bridgehead atoms. The number of rotatable bonds is 3. The zero-order valence-corrected chi connectivity index (χ0v) is 10.5. The highest BCUT2D eigenvalue weighted by Crippen LogP contribution is 2.22. The van der Waals surface area contributed by atoms with E-state index >= 15 is 0 Å². The molecule has 17 heavy (non-hydrogen) atoms. The van der Waals surface area contributed by atoms with E-state index in [0.717, 1.165) is 28.8 Å². The van der Waals surface area contributed by atoms with E-state index in [9.17, 15) is 0 Å². The molecule has 2 heterocycles. The first-order valence-electron chi connectivity index (χ1n) is 5.81. The molecule has 1 unspecified atom stereocenters. The molecule has 90 valence electrons. The maximum absolute atomic E-state index is 6.28. The van der Waals surface area contributed by atoms with Gasteiger partial charge in [0.25, 0.3) is 0 Å². The average Bonchev–Trinajstić information content (AvgIpc) is 2.69. The maximum Gasteiger partial charge on any atom is 0.0672 e. The second-order valence-electron chi connectivity index (χ2n) is 4.33. The second-order valence-corrected chi connectivity index (χ2v) is 4.33. The largest absolute Gasteiger partial charge is 0.320 e. The van der Waals surface area contributed by atoms with Gasteiger partial charge in [-0.05, 0) is 24.5 Å². The summed E-state index contributed by atoms with van der Waals surface area (Å²) in [6, 6.07) is 1.93. The number of pyridine rings is 1. The van der Waals surface area contributed by atoms with Crippen molar-refractivity contribution in [3.63, 3.8) is 0 Å². The van der Waals surface area contributed by atoms with Gasteiger partial charge in [0.15, 0.2) is 0 Å². The van der Waals surface area contributed by atoms with Crippen LogP contribution in [0.4, 0.5) is 0 Å². The summed E-state index contributed by atoms with van der Waals surface area (Å²) < 4.78 is 1.82. The Morgan fingerprint density at radius 1 is 1.41 bits per heavy atom. The Morgan fingerprint density at radius 3 is 2.82 bits per heavy atom. The minimum atomic E-state index is -0.147. The first-order chi connectivity index (χ1) is 8.11. The van der Waals surface area contributed by atoms with Crippen molar-refractivity contribution in [3.8, 4) is 0 Å². The van der Waals surface area contributed by atoms with E-state index in [1.165, 1.54) is 0 Å². The third kappa shape index (κ3) is 2.36. The quantitative estimate of drug-likeness (QED) is 0.873. The fourth-order valence-electron chi connectivity index (χ4n) is 2.02. The number of nitrogens with zero attached hydrogens (tertiary/aromatic N) is 3. The van der Waals surface area contributed by atoms with Crippen LogP contribution >= 0.6 is 0 Å². The lowest BCUT2D eigenvalue weighted by atomic mass is 10.00. The summed E-state index contributed by atoms with van der Waals surface area (Å²) in [7, 11) is 1.92. The summed E-state index contributed by atoms with van der Waals surface area (Å²) >= 11 is 0. The van der Waals surface area contributed by atoms with Crippen molar-refractivity contribution >= 4 is 0 Å². The van der Waals surface area contributed by atoms with E-state index < -0.39 is 0 Å². The van der Waals surface area contributed by atoms with E-state index in [-0.39, 0.29) is 6.04 Å². The van der Waals surface area contributed by atoms with Crippen molar-refractivity contribution in [1.29, 1.82) is 0 Å². The summed E-state index contributed by atoms with van der Waals surface area (Å²) in [4.78, 5) is 4.19. The Labute approximate surface area is 101 Å². The van der Waals surface area contributed by atoms with Crippen LogP contribution in [0.5, 0.6) is 0 Å². The van der Waals surface area contributed by atoms with Crippen molar-refractivity contribution in [3.05, 3.63) is 47.0 Å². The molecule has 0 aliphatic rings. The van der Waals surface area contributed by atoms with Crippen molar-refractivity contribution in [2.75, 3.05) is 0 Å². The Morgan fingerprint density at radius 2 is 2.18 bits per heavy atom. The third-order valence-corrected chi connectivity index (χ3v) is 2.86. The van der Waals surface area contributed by atoms with Gasteiger partial charge in [-0.1, -0.05) is 13.0 Å². The summed E-state index contributed by atoms with van der Waals surface area (Å²) in [6.07, 6.45) is 6.54. The zero-order valence-electron chi connectivity index (χ0n) is 10.5. The molecule has 4 nitrogen and oxygen atoms in total. The molecule has 0 radical (unpaired) electrons. The summed E-state index contributed by atoms with van der Waals surface area (Å²) in [5.74, 6) is 0. The third-order valence-electron chi connectivity index (χ3n) is 2.86. The summed E-state index contributed by atoms with van der Waals surface area (Å²) in [5.41, 5.74) is 10.6. The highest BCUT2D eigenvalue weighted by atomic mass is 15.3. The van der Waals surface area contributed by atoms with Crippen LogP contribution in [0.25, 0.3) is 0 Å². The molecular formula is C13H18N4. The standard InChI is InChI=1S/C13H18N4/c1-4-12-11(8-17(3)16-12)13(14)10-5-9(2)6-15-7-10/h5-8,13H,4,14H2,1-3H3. The van der Waals surface area contributed by atoms with Crippen LogP contribution in [0.3, 0.4) is 0 Å². The van der Waals surface area contributed by atoms with Gasteiger partial charge in [0.05, 0.1) is 11.7 Å². The molecule has 0 aliphatic heterocycles. The zero-order chi connectivity index (χ0) is 12.4. The van der Waals surface area contributed by atoms with Crippen molar-refractivity contribution < 1.29 is 0 Å². The first-order valence-corrected chi connectivity index (χ1v) is 5.81. The van der Waals surface area contributed by atoms with Gasteiger partial charge in [-0.15, -0.1) is 0 Å². The van der Waals surface area contributed by atoms with Gasteiger partial charge < -0.3 is 5.73 Å². The van der Waals surface area contributed by atoms with E-state index in [2.05, 4.69) is 23.1 Å². The molecule has 0 saturated carbocycles. The van der Waals surface area contributed by atoms with E-state index in [1.54, 1.807) is 0 Å². The summed E-state index contributed by atoms with van der Waals surface area (Å²) in [5, 5.41) is 4.41. The highest BCUT2D eigenvalue weighted by Gasteiger charge is 2.16. The number of nitrogens with two attached hydrogens (primary N) is 1. The maximum atomic E-state index is 6.28. The molecular weight excluding hydrogens is 212 g/mol. The molecule has 0 spiro atoms. The van der Waals surface area contributed by atoms with Gasteiger partial charge >= 0.3 is 0 Å². The molecule has 1 atom stereocenters. The molecule has 0 saturated heterocycles. The fraction of sp³-hybridized carbons (Fsp3) is 0.385. The van der Waals surface area contributed by atoms with Crippen molar-refractivity contribution in [2.45, 2.75) is 26.3 Å². The molecule has 2 aromatic heterocycles. The topological polar surface area (TPSA) is 56.7 Å². The van der Waals surface area contributed by atoms with Crippen LogP contribution in [-0.2, 0) is 13.5 Å². The van der Waals surface area contributed by atoms with Crippen LogP contribution in [0.1, 0.15) is 35.3 Å². The van der Waals surface area contributed by atoms with E-state index in [1.807, 2.05) is 37.2 Å². The highest BCUT2D eigenvalue weighted by molar-refractivity contribution is 5.32. The Bertz CT molecular complexity index is 516. The number of hydrogen-bond donors (Lipinski definition) is 1. The molecule has 0 fully saturated rings. The van der Waals surface area contributed by atoms with Crippen LogP contribution in [0, 0.1) is 6.92 Å². The SMILES string of the molecule is CCc1nn(C)cc1C(N)c1cncc(C)c1. The van der Waals surface area contributed by atoms with Gasteiger partial charge in [-0.25, -0.2) is 0 Å². The van der Waals surface area contributed by atoms with Gasteiger partial charge in [0.2, 0.25) is 0 Å². The Hall–Kier alpha value is -1.68. The predicted molar refractivity (Wildman–Crippen MR) is 67.6 cm³/mol. The molecule has 2 rings (SSSR count). The summed E-state index contributed by atoms with van der Waals surface area (Å²) in [6.45, 7) is 4.11. The lowest BCUT2D eigenvalue weighted by Gasteiger charge is -2.11. The monoisotopic (exact) mass is 230 g/mol. The van der Waals surface area contributed by atoms with Crippen LogP contribution < -0.4 is 5.73 Å².